The van der Waals surface area contributed by atoms with Crippen LogP contribution in [0, 0.1) is 11.8 Å². The topological polar surface area (TPSA) is 23.6 Å². The zero-order valence-electron chi connectivity index (χ0n) is 19.2. The van der Waals surface area contributed by atoms with Gasteiger partial charge in [0.25, 0.3) is 0 Å². The number of carbonyl (C=O) groups is 1. The number of hydrogen-bond donors (Lipinski definition) is 0. The highest BCUT2D eigenvalue weighted by molar-refractivity contribution is 5.78. The average Bonchev–Trinajstić information content (AvgIpc) is 3.44. The molecule has 3 heteroatoms. The first kappa shape index (κ1) is 20.3. The molecule has 4 fully saturated rings. The summed E-state index contributed by atoms with van der Waals surface area (Å²) >= 11 is 0. The van der Waals surface area contributed by atoms with Crippen molar-refractivity contribution in [1.82, 2.24) is 9.80 Å². The standard InChI is InChI=1S/C28H40N2O/c31-27-6-3-17-30(27)26-13-14-28(25-5-2-1-4-24(25)26)15-18-29(19-16-28)23-11-9-21-7-8-22(20-21)10-12-23/h1-2,4-5,21-23,26H,3,6-20H2/t21-,22?,23?,26-/m0/s1. The molecule has 2 aliphatic heterocycles. The van der Waals surface area contributed by atoms with Gasteiger partial charge in [-0.05, 0) is 106 Å². The van der Waals surface area contributed by atoms with Gasteiger partial charge in [0.15, 0.2) is 0 Å². The third-order valence-electron chi connectivity index (χ3n) is 10.0. The molecule has 1 amide bonds. The van der Waals surface area contributed by atoms with Crippen LogP contribution in [0.2, 0.25) is 0 Å². The third-order valence-corrected chi connectivity index (χ3v) is 10.0. The summed E-state index contributed by atoms with van der Waals surface area (Å²) in [6, 6.07) is 10.4. The van der Waals surface area contributed by atoms with Crippen LogP contribution in [0.1, 0.15) is 101 Å². The first-order valence-electron chi connectivity index (χ1n) is 13.3. The minimum absolute atomic E-state index is 0.330. The Balaban J connectivity index is 1.18. The van der Waals surface area contributed by atoms with Gasteiger partial charge in [0.1, 0.15) is 0 Å². The second-order valence-corrected chi connectivity index (χ2v) is 11.5. The summed E-state index contributed by atoms with van der Waals surface area (Å²) in [4.78, 5) is 17.6. The molecule has 6 rings (SSSR count). The lowest BCUT2D eigenvalue weighted by atomic mass is 9.63. The van der Waals surface area contributed by atoms with E-state index >= 15 is 0 Å². The molecule has 0 radical (unpaired) electrons. The molecule has 5 aliphatic rings. The van der Waals surface area contributed by atoms with Gasteiger partial charge in [0.2, 0.25) is 5.91 Å². The monoisotopic (exact) mass is 420 g/mol. The largest absolute Gasteiger partial charge is 0.336 e. The Morgan fingerprint density at radius 3 is 2.23 bits per heavy atom. The summed E-state index contributed by atoms with van der Waals surface area (Å²) in [6.07, 6.45) is 17.3. The van der Waals surface area contributed by atoms with E-state index in [4.69, 9.17) is 0 Å². The lowest BCUT2D eigenvalue weighted by Gasteiger charge is -2.50. The van der Waals surface area contributed by atoms with E-state index in [1.807, 2.05) is 0 Å². The van der Waals surface area contributed by atoms with Crippen molar-refractivity contribution in [3.63, 3.8) is 0 Å². The van der Waals surface area contributed by atoms with Crippen molar-refractivity contribution in [3.05, 3.63) is 35.4 Å². The smallest absolute Gasteiger partial charge is 0.223 e. The zero-order chi connectivity index (χ0) is 20.8. The molecule has 1 spiro atoms. The number of hydrogen-bond acceptors (Lipinski definition) is 2. The van der Waals surface area contributed by atoms with Crippen LogP contribution in [0.25, 0.3) is 0 Å². The Kier molecular flexibility index (Phi) is 5.37. The number of likely N-dealkylation sites (tertiary alicyclic amines) is 2. The maximum Gasteiger partial charge on any atom is 0.223 e. The van der Waals surface area contributed by atoms with Crippen LogP contribution in [-0.4, -0.2) is 41.4 Å². The molecule has 1 aromatic carbocycles. The SMILES string of the molecule is O=C1CCCN1[C@H]1CCC2(CCN(C3CCC4CC[C@@H](CC3)C4)CC2)c2ccccc21. The van der Waals surface area contributed by atoms with Crippen molar-refractivity contribution in [2.24, 2.45) is 11.8 Å². The van der Waals surface area contributed by atoms with Gasteiger partial charge in [0.05, 0.1) is 6.04 Å². The van der Waals surface area contributed by atoms with Gasteiger partial charge in [-0.25, -0.2) is 0 Å². The van der Waals surface area contributed by atoms with Crippen molar-refractivity contribution in [2.75, 3.05) is 19.6 Å². The van der Waals surface area contributed by atoms with Gasteiger partial charge in [-0.2, -0.15) is 0 Å². The fraction of sp³-hybridized carbons (Fsp3) is 0.750. The average molecular weight is 421 g/mol. The number of benzene rings is 1. The summed E-state index contributed by atoms with van der Waals surface area (Å²) < 4.78 is 0. The lowest BCUT2D eigenvalue weighted by Crippen LogP contribution is -2.49. The molecule has 31 heavy (non-hydrogen) atoms. The normalized spacial score (nSPS) is 35.7. The van der Waals surface area contributed by atoms with Gasteiger partial charge in [0, 0.05) is 19.0 Å². The molecule has 2 saturated heterocycles. The number of nitrogens with zero attached hydrogens (tertiary/aromatic N) is 2. The second kappa shape index (κ2) is 8.21. The Hall–Kier alpha value is -1.35. The summed E-state index contributed by atoms with van der Waals surface area (Å²) in [5.41, 5.74) is 3.41. The van der Waals surface area contributed by atoms with E-state index in [-0.39, 0.29) is 0 Å². The van der Waals surface area contributed by atoms with Crippen molar-refractivity contribution >= 4 is 5.91 Å². The van der Waals surface area contributed by atoms with E-state index in [1.54, 1.807) is 5.56 Å². The number of fused-ring (bicyclic) bond motifs is 4. The van der Waals surface area contributed by atoms with Crippen molar-refractivity contribution in [2.45, 2.75) is 101 Å². The van der Waals surface area contributed by atoms with E-state index in [1.165, 1.54) is 82.9 Å². The van der Waals surface area contributed by atoms with Crippen molar-refractivity contribution in [3.8, 4) is 0 Å². The minimum atomic E-state index is 0.330. The molecule has 3 nitrogen and oxygen atoms in total. The Morgan fingerprint density at radius 2 is 1.52 bits per heavy atom. The van der Waals surface area contributed by atoms with Crippen LogP contribution in [0.15, 0.2) is 24.3 Å². The fourth-order valence-corrected chi connectivity index (χ4v) is 8.20. The predicted molar refractivity (Wildman–Crippen MR) is 125 cm³/mol. The number of rotatable bonds is 2. The van der Waals surface area contributed by atoms with Crippen LogP contribution in [0.5, 0.6) is 0 Å². The van der Waals surface area contributed by atoms with Gasteiger partial charge >= 0.3 is 0 Å². The van der Waals surface area contributed by atoms with Crippen LogP contribution in [0.3, 0.4) is 0 Å². The van der Waals surface area contributed by atoms with Gasteiger partial charge in [-0.15, -0.1) is 0 Å². The van der Waals surface area contributed by atoms with E-state index in [2.05, 4.69) is 34.1 Å². The Labute approximate surface area is 188 Å². The molecule has 2 heterocycles. The molecule has 2 bridgehead atoms. The molecular formula is C28H40N2O. The van der Waals surface area contributed by atoms with Crippen LogP contribution in [0.4, 0.5) is 0 Å². The number of carbonyl (C=O) groups excluding carboxylic acids is 1. The van der Waals surface area contributed by atoms with Crippen molar-refractivity contribution in [1.29, 1.82) is 0 Å². The quantitative estimate of drug-likeness (QED) is 0.600. The molecule has 4 atom stereocenters. The van der Waals surface area contributed by atoms with E-state index < -0.39 is 0 Å². The fourth-order valence-electron chi connectivity index (χ4n) is 8.20. The Bertz CT molecular complexity index is 797. The van der Waals surface area contributed by atoms with E-state index in [9.17, 15) is 4.79 Å². The molecule has 2 saturated carbocycles. The highest BCUT2D eigenvalue weighted by atomic mass is 16.2. The first-order valence-corrected chi connectivity index (χ1v) is 13.3. The lowest BCUT2D eigenvalue weighted by molar-refractivity contribution is -0.130. The Morgan fingerprint density at radius 1 is 0.806 bits per heavy atom. The van der Waals surface area contributed by atoms with Crippen LogP contribution >= 0.6 is 0 Å². The van der Waals surface area contributed by atoms with Gasteiger partial charge in [-0.1, -0.05) is 37.1 Å². The first-order chi connectivity index (χ1) is 15.2. The summed E-state index contributed by atoms with van der Waals surface area (Å²) in [5, 5.41) is 0. The zero-order valence-corrected chi connectivity index (χ0v) is 19.2. The predicted octanol–water partition coefficient (Wildman–Crippen LogP) is 5.84. The molecule has 168 valence electrons. The summed E-state index contributed by atoms with van der Waals surface area (Å²) in [5.74, 6) is 2.46. The van der Waals surface area contributed by atoms with Gasteiger partial charge in [-0.3, -0.25) is 4.79 Å². The summed E-state index contributed by atoms with van der Waals surface area (Å²) in [6.45, 7) is 3.52. The molecule has 2 unspecified atom stereocenters. The van der Waals surface area contributed by atoms with E-state index in [0.29, 0.717) is 17.4 Å². The molecule has 0 aromatic heterocycles. The highest BCUT2D eigenvalue weighted by Gasteiger charge is 2.45. The minimum Gasteiger partial charge on any atom is -0.336 e. The molecule has 0 N–H and O–H groups in total. The van der Waals surface area contributed by atoms with Crippen molar-refractivity contribution < 1.29 is 4.79 Å². The van der Waals surface area contributed by atoms with E-state index in [0.717, 1.165) is 43.7 Å². The van der Waals surface area contributed by atoms with Crippen LogP contribution in [-0.2, 0) is 10.2 Å². The third kappa shape index (κ3) is 3.65. The van der Waals surface area contributed by atoms with Crippen LogP contribution < -0.4 is 0 Å². The number of amides is 1. The maximum absolute atomic E-state index is 12.5. The number of piperidine rings is 1. The molecule has 1 aromatic rings. The molecular weight excluding hydrogens is 380 g/mol. The molecule has 3 aliphatic carbocycles. The summed E-state index contributed by atoms with van der Waals surface area (Å²) in [7, 11) is 0. The maximum atomic E-state index is 12.5. The highest BCUT2D eigenvalue weighted by Crippen LogP contribution is 2.50. The second-order valence-electron chi connectivity index (χ2n) is 11.5. The van der Waals surface area contributed by atoms with Gasteiger partial charge < -0.3 is 9.80 Å².